The highest BCUT2D eigenvalue weighted by molar-refractivity contribution is 5.96. The van der Waals surface area contributed by atoms with Gasteiger partial charge in [0.25, 0.3) is 0 Å². The molecule has 1 aliphatic heterocycles. The van der Waals surface area contributed by atoms with Crippen LogP contribution in [-0.2, 0) is 16.8 Å². The van der Waals surface area contributed by atoms with Crippen LogP contribution >= 0.6 is 0 Å². The Morgan fingerprint density at radius 3 is 2.00 bits per heavy atom. The van der Waals surface area contributed by atoms with E-state index in [0.29, 0.717) is 0 Å². The molecule has 3 aromatic carbocycles. The molecule has 136 valence electrons. The van der Waals surface area contributed by atoms with Gasteiger partial charge in [-0.25, -0.2) is 4.99 Å². The summed E-state index contributed by atoms with van der Waals surface area (Å²) < 4.78 is 6.60. The molecular weight excluding hydrogens is 330 g/mol. The average Bonchev–Trinajstić information content (AvgIpc) is 2.95. The first-order valence-electron chi connectivity index (χ1n) is 9.46. The van der Waals surface area contributed by atoms with E-state index in [1.54, 1.807) is 0 Å². The fourth-order valence-electron chi connectivity index (χ4n) is 3.80. The van der Waals surface area contributed by atoms with Crippen LogP contribution in [0.4, 0.5) is 0 Å². The lowest BCUT2D eigenvalue weighted by atomic mass is 9.74. The van der Waals surface area contributed by atoms with Crippen molar-refractivity contribution in [2.75, 3.05) is 0 Å². The van der Waals surface area contributed by atoms with Crippen LogP contribution in [-0.4, -0.2) is 11.4 Å². The molecule has 0 N–H and O–H groups in total. The molecule has 3 aromatic rings. The van der Waals surface area contributed by atoms with Crippen molar-refractivity contribution in [2.45, 2.75) is 38.3 Å². The molecule has 1 aliphatic rings. The Morgan fingerprint density at radius 1 is 0.778 bits per heavy atom. The van der Waals surface area contributed by atoms with Crippen molar-refractivity contribution >= 4 is 5.90 Å². The van der Waals surface area contributed by atoms with E-state index in [4.69, 9.17) is 9.73 Å². The Kier molecular flexibility index (Phi) is 4.35. The number of hydrogen-bond acceptors (Lipinski definition) is 2. The second kappa shape index (κ2) is 6.70. The largest absolute Gasteiger partial charge is 0.464 e. The maximum absolute atomic E-state index is 6.60. The molecule has 0 bridgehead atoms. The predicted molar refractivity (Wildman–Crippen MR) is 111 cm³/mol. The molecule has 0 aromatic heterocycles. The van der Waals surface area contributed by atoms with Crippen LogP contribution in [0, 0.1) is 6.92 Å². The Hall–Kier alpha value is -2.87. The third-order valence-electron chi connectivity index (χ3n) is 5.69. The minimum atomic E-state index is -0.537. The summed E-state index contributed by atoms with van der Waals surface area (Å²) in [6.07, 6.45) is 0.814. The van der Waals surface area contributed by atoms with Gasteiger partial charge in [0.2, 0.25) is 5.90 Å². The van der Waals surface area contributed by atoms with Gasteiger partial charge in [0, 0.05) is 12.0 Å². The number of ether oxygens (including phenoxy) is 1. The Bertz CT molecular complexity index is 947. The first kappa shape index (κ1) is 17.5. The molecule has 0 radical (unpaired) electrons. The number of benzene rings is 3. The van der Waals surface area contributed by atoms with E-state index in [9.17, 15) is 0 Å². The van der Waals surface area contributed by atoms with E-state index in [0.717, 1.165) is 23.4 Å². The first-order chi connectivity index (χ1) is 13.0. The maximum Gasteiger partial charge on any atom is 0.217 e. The Balaban J connectivity index is 1.79. The van der Waals surface area contributed by atoms with Gasteiger partial charge in [0.05, 0.1) is 0 Å². The number of nitrogens with zero attached hydrogens (tertiary/aromatic N) is 1. The smallest absolute Gasteiger partial charge is 0.217 e. The first-order valence-corrected chi connectivity index (χ1v) is 9.46. The van der Waals surface area contributed by atoms with Gasteiger partial charge in [-0.15, -0.1) is 0 Å². The molecular formula is C25H25NO. The highest BCUT2D eigenvalue weighted by Gasteiger charge is 2.53. The lowest BCUT2D eigenvalue weighted by Gasteiger charge is -2.38. The zero-order chi connectivity index (χ0) is 18.9. The number of rotatable bonds is 4. The van der Waals surface area contributed by atoms with Gasteiger partial charge in [-0.05, 0) is 44.0 Å². The molecule has 1 heterocycles. The summed E-state index contributed by atoms with van der Waals surface area (Å²) in [7, 11) is 0. The third-order valence-corrected chi connectivity index (χ3v) is 5.69. The molecule has 2 heteroatoms. The molecule has 27 heavy (non-hydrogen) atoms. The average molecular weight is 355 g/mol. The van der Waals surface area contributed by atoms with Crippen LogP contribution in [0.25, 0.3) is 0 Å². The van der Waals surface area contributed by atoms with Crippen molar-refractivity contribution in [3.8, 4) is 0 Å². The van der Waals surface area contributed by atoms with Gasteiger partial charge in [-0.1, -0.05) is 78.4 Å². The highest BCUT2D eigenvalue weighted by Crippen LogP contribution is 2.46. The van der Waals surface area contributed by atoms with Crippen LogP contribution in [0.1, 0.15) is 36.1 Å². The third kappa shape index (κ3) is 3.16. The molecule has 0 fully saturated rings. The molecule has 0 spiro atoms. The van der Waals surface area contributed by atoms with E-state index in [1.807, 2.05) is 12.1 Å². The van der Waals surface area contributed by atoms with Gasteiger partial charge in [-0.2, -0.15) is 0 Å². The standard InChI is InChI=1S/C25H25NO/c1-19-14-16-21(17-15-19)23-26-24(2,18-20-10-6-4-7-11-20)25(3,27-23)22-12-8-5-9-13-22/h4-17H,18H2,1-3H3/t24-,25+/m1/s1. The fraction of sp³-hybridized carbons (Fsp3) is 0.240. The minimum Gasteiger partial charge on any atom is -0.464 e. The second-order valence-electron chi connectivity index (χ2n) is 7.72. The van der Waals surface area contributed by atoms with E-state index >= 15 is 0 Å². The van der Waals surface area contributed by atoms with Gasteiger partial charge in [0.15, 0.2) is 5.60 Å². The van der Waals surface area contributed by atoms with Gasteiger partial charge in [0.1, 0.15) is 5.54 Å². The quantitative estimate of drug-likeness (QED) is 0.589. The van der Waals surface area contributed by atoms with Crippen LogP contribution < -0.4 is 0 Å². The number of hydrogen-bond donors (Lipinski definition) is 0. The van der Waals surface area contributed by atoms with Crippen molar-refractivity contribution in [1.29, 1.82) is 0 Å². The summed E-state index contributed by atoms with van der Waals surface area (Å²) in [4.78, 5) is 5.14. The zero-order valence-corrected chi connectivity index (χ0v) is 16.1. The normalized spacial score (nSPS) is 24.3. The zero-order valence-electron chi connectivity index (χ0n) is 16.1. The molecule has 2 atom stereocenters. The van der Waals surface area contributed by atoms with Crippen molar-refractivity contribution < 1.29 is 4.74 Å². The number of aryl methyl sites for hydroxylation is 1. The topological polar surface area (TPSA) is 21.6 Å². The van der Waals surface area contributed by atoms with Gasteiger partial charge < -0.3 is 4.74 Å². The molecule has 2 nitrogen and oxygen atoms in total. The lowest BCUT2D eigenvalue weighted by molar-refractivity contribution is 0.0303. The molecule has 0 aliphatic carbocycles. The molecule has 4 rings (SSSR count). The minimum absolute atomic E-state index is 0.407. The summed E-state index contributed by atoms with van der Waals surface area (Å²) in [5.74, 6) is 0.722. The van der Waals surface area contributed by atoms with Crippen LogP contribution in [0.5, 0.6) is 0 Å². The summed E-state index contributed by atoms with van der Waals surface area (Å²) in [6.45, 7) is 6.46. The van der Waals surface area contributed by atoms with Gasteiger partial charge in [-0.3, -0.25) is 0 Å². The molecule has 0 amide bonds. The second-order valence-corrected chi connectivity index (χ2v) is 7.72. The fourth-order valence-corrected chi connectivity index (χ4v) is 3.80. The predicted octanol–water partition coefficient (Wildman–Crippen LogP) is 5.69. The molecule has 0 unspecified atom stereocenters. The van der Waals surface area contributed by atoms with Crippen molar-refractivity contribution in [1.82, 2.24) is 0 Å². The van der Waals surface area contributed by atoms with E-state index in [2.05, 4.69) is 93.6 Å². The highest BCUT2D eigenvalue weighted by atomic mass is 16.5. The summed E-state index contributed by atoms with van der Waals surface area (Å²) in [5, 5.41) is 0. The summed E-state index contributed by atoms with van der Waals surface area (Å²) in [5.41, 5.74) is 3.73. The SMILES string of the molecule is Cc1ccc(C2=N[C@](C)(Cc3ccccc3)[C@](C)(c3ccccc3)O2)cc1. The van der Waals surface area contributed by atoms with E-state index in [-0.39, 0.29) is 0 Å². The maximum atomic E-state index is 6.60. The monoisotopic (exact) mass is 355 g/mol. The van der Waals surface area contributed by atoms with Crippen molar-refractivity contribution in [3.63, 3.8) is 0 Å². The van der Waals surface area contributed by atoms with E-state index < -0.39 is 11.1 Å². The van der Waals surface area contributed by atoms with E-state index in [1.165, 1.54) is 11.1 Å². The van der Waals surface area contributed by atoms with Crippen LogP contribution in [0.15, 0.2) is 89.9 Å². The van der Waals surface area contributed by atoms with Crippen molar-refractivity contribution in [2.24, 2.45) is 4.99 Å². The Labute approximate surface area is 161 Å². The Morgan fingerprint density at radius 2 is 1.37 bits per heavy atom. The summed E-state index contributed by atoms with van der Waals surface area (Å²) in [6, 6.07) is 29.4. The van der Waals surface area contributed by atoms with Crippen molar-refractivity contribution in [3.05, 3.63) is 107 Å². The van der Waals surface area contributed by atoms with Crippen LogP contribution in [0.3, 0.4) is 0 Å². The van der Waals surface area contributed by atoms with Crippen LogP contribution in [0.2, 0.25) is 0 Å². The van der Waals surface area contributed by atoms with Gasteiger partial charge >= 0.3 is 0 Å². The number of aliphatic imine (C=N–C) groups is 1. The molecule has 0 saturated carbocycles. The lowest BCUT2D eigenvalue weighted by Crippen LogP contribution is -2.45. The molecule has 0 saturated heterocycles. The summed E-state index contributed by atoms with van der Waals surface area (Å²) >= 11 is 0.